The number of hydrogen-bond acceptors (Lipinski definition) is 1. The van der Waals surface area contributed by atoms with E-state index in [0.29, 0.717) is 35.5 Å². The average Bonchev–Trinajstić information content (AvgIpc) is 0.681. The van der Waals surface area contributed by atoms with Crippen molar-refractivity contribution >= 4 is 45.1 Å². The number of nitrogens with zero attached hydrogens (tertiary/aromatic N) is 3. The van der Waals surface area contributed by atoms with Gasteiger partial charge in [-0.05, 0) is 68.9 Å². The molecule has 0 aliphatic heterocycles. The van der Waals surface area contributed by atoms with Crippen LogP contribution in [0.2, 0.25) is 0 Å². The molecule has 0 N–H and O–H groups in total. The van der Waals surface area contributed by atoms with Gasteiger partial charge in [0.2, 0.25) is 0 Å². The van der Waals surface area contributed by atoms with Crippen LogP contribution in [0, 0.1) is 151 Å². The first-order valence-electron chi connectivity index (χ1n) is 32.3. The van der Waals surface area contributed by atoms with E-state index >= 15 is 35.1 Å². The third-order valence-corrected chi connectivity index (χ3v) is 17.2. The van der Waals surface area contributed by atoms with Crippen LogP contribution in [0.3, 0.4) is 0 Å². The van der Waals surface area contributed by atoms with E-state index in [4.69, 9.17) is 10.6 Å². The Hall–Kier alpha value is -7.53. The van der Waals surface area contributed by atoms with Crippen molar-refractivity contribution < 1.29 is 112 Å². The standard InChI is InChI=1S/C35H53N2.C24BF20.C12H17N.C6H5F.Ti/c1-22(2)26-17-15-18-27(23(3)4)32(26)36-30(34(9,10)11)21-31(35(12,13)14)37-33-28(24(5)6)19-16-20-29(33)25(7)8;26-5-1(6(27)14(35)21(42)13(5)34)25(2-7(28)15(36)22(43)16(37)8(2)29,3-9(30)17(38)23(44)18(39)10(3)31)4-11(32)19(40)24(45)20(41)12(4)33;1-8(2)10-6-5-7-11(9(3)4)12(10)13;7-6-4-2-1-3-5-6;/h15-25H,1-14H3;;5-9H,1-4H3;1-5H;/q;-1;;;+2. The van der Waals surface area contributed by atoms with Gasteiger partial charge < -0.3 is 0 Å². The zero-order chi connectivity index (χ0) is 78.5. The summed E-state index contributed by atoms with van der Waals surface area (Å²) in [6.07, 6.45) is -4.94. The summed E-state index contributed by atoms with van der Waals surface area (Å²) in [5, 5.41) is 10.9. The van der Waals surface area contributed by atoms with Gasteiger partial charge in [-0.2, -0.15) is 0 Å². The summed E-state index contributed by atoms with van der Waals surface area (Å²) in [4.78, 5) is 0. The fourth-order valence-corrected chi connectivity index (χ4v) is 11.8. The third-order valence-electron chi connectivity index (χ3n) is 16.9. The van der Waals surface area contributed by atoms with Gasteiger partial charge in [-0.25, -0.2) is 92.2 Å². The Morgan fingerprint density at radius 1 is 0.282 bits per heavy atom. The van der Waals surface area contributed by atoms with Crippen molar-refractivity contribution in [3.63, 3.8) is 0 Å². The number of para-hydroxylation sites is 2. The summed E-state index contributed by atoms with van der Waals surface area (Å²) >= 11 is 1.88. The Labute approximate surface area is 598 Å². The second-order valence-electron chi connectivity index (χ2n) is 28.1. The Kier molecular flexibility index (Phi) is 28.9. The van der Waals surface area contributed by atoms with E-state index in [9.17, 15) is 57.1 Å². The first kappa shape index (κ1) is 86.1. The van der Waals surface area contributed by atoms with Gasteiger partial charge in [0, 0.05) is 6.42 Å². The van der Waals surface area contributed by atoms with Crippen molar-refractivity contribution in [2.45, 2.75) is 160 Å². The van der Waals surface area contributed by atoms with E-state index in [-0.39, 0.29) is 16.6 Å². The van der Waals surface area contributed by atoms with Gasteiger partial charge in [-0.15, -0.1) is 21.9 Å². The van der Waals surface area contributed by atoms with Gasteiger partial charge in [0.25, 0.3) is 0 Å². The molecule has 26 heteroatoms. The summed E-state index contributed by atoms with van der Waals surface area (Å²) in [5.41, 5.74) is -3.19. The van der Waals surface area contributed by atoms with E-state index in [1.165, 1.54) is 51.2 Å². The molecule has 0 unspecified atom stereocenters. The Morgan fingerprint density at radius 3 is 0.621 bits per heavy atom. The molecule has 103 heavy (non-hydrogen) atoms. The van der Waals surface area contributed by atoms with Crippen molar-refractivity contribution in [2.75, 3.05) is 0 Å². The number of rotatable bonds is 17. The molecule has 8 aromatic rings. The maximum atomic E-state index is 15.4. The molecule has 5 radical (unpaired) electrons. The maximum absolute atomic E-state index is 15.4. The summed E-state index contributed by atoms with van der Waals surface area (Å²) in [7, 11) is 0. The average molecular weight is 1500 g/mol. The van der Waals surface area contributed by atoms with Gasteiger partial charge in [0.05, 0.1) is 23.5 Å². The molecule has 0 heterocycles. The smallest absolute Gasteiger partial charge is 0.200 e. The van der Waals surface area contributed by atoms with Crippen LogP contribution in [0.5, 0.6) is 0 Å². The molecule has 0 aliphatic carbocycles. The molecule has 0 atom stereocenters. The molecule has 8 aromatic carbocycles. The first-order valence-corrected chi connectivity index (χ1v) is 33.0. The van der Waals surface area contributed by atoms with Crippen molar-refractivity contribution in [3.05, 3.63) is 259 Å². The van der Waals surface area contributed by atoms with Gasteiger partial charge >= 0.3 is 98.2 Å². The fraction of sp³-hybridized carbons (Fsp3) is 0.338. The fourth-order valence-electron chi connectivity index (χ4n) is 11.4. The largest absolute Gasteiger partial charge is 0.275 e. The Morgan fingerprint density at radius 2 is 0.466 bits per heavy atom. The van der Waals surface area contributed by atoms with Gasteiger partial charge in [-0.3, -0.25) is 10.6 Å². The molecule has 0 fully saturated rings. The van der Waals surface area contributed by atoms with Crippen molar-refractivity contribution in [1.29, 1.82) is 0 Å². The molecular formula is C77H75BF21N3Ti+. The van der Waals surface area contributed by atoms with Gasteiger partial charge in [0.15, 0.2) is 69.8 Å². The zero-order valence-electron chi connectivity index (χ0n) is 59.5. The molecule has 551 valence electrons. The molecule has 0 saturated heterocycles. The van der Waals surface area contributed by atoms with Crippen LogP contribution in [-0.2, 0) is 20.3 Å². The molecule has 0 saturated carbocycles. The predicted octanol–water partition coefficient (Wildman–Crippen LogP) is 22.7. The molecule has 0 aromatic heterocycles. The summed E-state index contributed by atoms with van der Waals surface area (Å²) in [6, 6.07) is 29.9. The van der Waals surface area contributed by atoms with Gasteiger partial charge in [-0.1, -0.05) is 152 Å². The minimum atomic E-state index is -7.22. The zero-order valence-corrected chi connectivity index (χ0v) is 61.0. The minimum absolute atomic E-state index is 0.136. The second-order valence-corrected chi connectivity index (χ2v) is 28.5. The monoisotopic (exact) mass is 1500 g/mol. The van der Waals surface area contributed by atoms with Crippen LogP contribution < -0.4 is 32.5 Å². The summed E-state index contributed by atoms with van der Waals surface area (Å²) < 4.78 is 310. The minimum Gasteiger partial charge on any atom is -0.275 e. The second kappa shape index (κ2) is 34.6. The first-order chi connectivity index (χ1) is 47.6. The van der Waals surface area contributed by atoms with E-state index in [1.54, 1.807) is 18.2 Å². The molecule has 3 nitrogen and oxygen atoms in total. The molecule has 0 spiro atoms. The van der Waals surface area contributed by atoms with E-state index in [2.05, 4.69) is 189 Å². The van der Waals surface area contributed by atoms with Crippen LogP contribution in [0.4, 0.5) is 109 Å². The van der Waals surface area contributed by atoms with Crippen LogP contribution in [0.15, 0.2) is 88.3 Å². The van der Waals surface area contributed by atoms with Crippen molar-refractivity contribution in [2.24, 2.45) is 14.2 Å². The van der Waals surface area contributed by atoms with Crippen molar-refractivity contribution in [3.8, 4) is 0 Å². The van der Waals surface area contributed by atoms with Crippen LogP contribution in [0.1, 0.15) is 194 Å². The number of benzene rings is 8. The normalized spacial score (nSPS) is 12.0. The molecule has 0 amide bonds. The van der Waals surface area contributed by atoms with Crippen LogP contribution in [-0.4, -0.2) is 6.15 Å². The molecule has 0 aliphatic rings. The van der Waals surface area contributed by atoms with E-state index < -0.39 is 144 Å². The third kappa shape index (κ3) is 17.9. The molecule has 0 bridgehead atoms. The predicted molar refractivity (Wildman–Crippen MR) is 355 cm³/mol. The van der Waals surface area contributed by atoms with Crippen LogP contribution in [0.25, 0.3) is 0 Å². The van der Waals surface area contributed by atoms with Crippen molar-refractivity contribution in [1.82, 2.24) is 10.6 Å². The van der Waals surface area contributed by atoms with E-state index in [1.807, 2.05) is 20.3 Å². The Bertz CT molecular complexity index is 3810. The van der Waals surface area contributed by atoms with Crippen LogP contribution >= 0.6 is 0 Å². The SMILES string of the molecule is CC(C)c1cccc(C(C)C)c1[N]=[Ti+2].CC(C)c1cccc(C(C)C)c1[N][C]([CH][C]([N]c1c(C(C)C)cccc1C(C)C)C(C)(C)C)C(C)(C)C.Fc1c(F)c(F)c([B-](c2c(F)c(F)c(F)c(F)c2F)(c2c(F)c(F)c(F)c(F)c2F)c2c(F)c(F)c(F)c(F)c2F)c(F)c1F.Fc1ccccc1. The van der Waals surface area contributed by atoms with Gasteiger partial charge in [0.1, 0.15) is 58.5 Å². The topological polar surface area (TPSA) is 40.6 Å². The molecular weight excluding hydrogens is 1420 g/mol. The van der Waals surface area contributed by atoms with E-state index in [0.717, 1.165) is 23.5 Å². The number of halogens is 21. The molecule has 8 rings (SSSR count). The summed E-state index contributed by atoms with van der Waals surface area (Å²) in [5.74, 6) is -68.9. The number of hydrogen-bond donors (Lipinski definition) is 0. The Balaban J connectivity index is 0.000000291. The quantitative estimate of drug-likeness (QED) is 0.0377. The maximum Gasteiger partial charge on any atom is 0.200 e. The summed E-state index contributed by atoms with van der Waals surface area (Å²) in [6.45, 7) is 40.5.